The van der Waals surface area contributed by atoms with Crippen molar-refractivity contribution in [3.05, 3.63) is 89.2 Å². The summed E-state index contributed by atoms with van der Waals surface area (Å²) < 4.78 is 74.0. The summed E-state index contributed by atoms with van der Waals surface area (Å²) in [6.07, 6.45) is 0.119. The molecule has 1 aromatic heterocycles. The molecular formula is C26H20F3N3O5S2. The zero-order valence-corrected chi connectivity index (χ0v) is 21.7. The van der Waals surface area contributed by atoms with E-state index in [1.54, 1.807) is 30.3 Å². The van der Waals surface area contributed by atoms with E-state index in [1.807, 2.05) is 12.1 Å². The molecule has 202 valence electrons. The number of thiazole rings is 1. The van der Waals surface area contributed by atoms with Crippen molar-refractivity contribution in [1.82, 2.24) is 9.29 Å². The van der Waals surface area contributed by atoms with E-state index >= 15 is 0 Å². The molecule has 13 heteroatoms. The Hall–Kier alpha value is -3.81. The van der Waals surface area contributed by atoms with E-state index in [0.29, 0.717) is 23.3 Å². The van der Waals surface area contributed by atoms with E-state index in [4.69, 9.17) is 4.74 Å². The Kier molecular flexibility index (Phi) is 7.38. The molecular weight excluding hydrogens is 555 g/mol. The Morgan fingerprint density at radius 3 is 2.54 bits per heavy atom. The second-order valence-electron chi connectivity index (χ2n) is 8.66. The van der Waals surface area contributed by atoms with Crippen molar-refractivity contribution in [3.8, 4) is 0 Å². The van der Waals surface area contributed by atoms with Crippen LogP contribution in [-0.4, -0.2) is 42.7 Å². The molecule has 1 aliphatic heterocycles. The Morgan fingerprint density at radius 1 is 1.05 bits per heavy atom. The van der Waals surface area contributed by atoms with E-state index < -0.39 is 57.5 Å². The van der Waals surface area contributed by atoms with Crippen LogP contribution < -0.4 is 5.32 Å². The maximum Gasteiger partial charge on any atom is 0.308 e. The number of rotatable bonds is 7. The summed E-state index contributed by atoms with van der Waals surface area (Å²) in [7, 11) is -3.94. The third kappa shape index (κ3) is 5.37. The van der Waals surface area contributed by atoms with Crippen molar-refractivity contribution in [2.75, 3.05) is 18.5 Å². The van der Waals surface area contributed by atoms with Crippen molar-refractivity contribution in [2.45, 2.75) is 23.8 Å². The fourth-order valence-electron chi connectivity index (χ4n) is 4.40. The summed E-state index contributed by atoms with van der Waals surface area (Å²) in [6.45, 7) is -0.582. The maximum absolute atomic E-state index is 13.9. The van der Waals surface area contributed by atoms with Gasteiger partial charge in [-0.25, -0.2) is 26.6 Å². The molecule has 4 aromatic rings. The molecule has 0 fully saturated rings. The number of amides is 1. The lowest BCUT2D eigenvalue weighted by molar-refractivity contribution is -0.148. The summed E-state index contributed by atoms with van der Waals surface area (Å²) in [4.78, 5) is 29.0. The van der Waals surface area contributed by atoms with Crippen LogP contribution in [-0.2, 0) is 30.8 Å². The molecule has 0 saturated carbocycles. The highest BCUT2D eigenvalue weighted by molar-refractivity contribution is 7.89. The van der Waals surface area contributed by atoms with Crippen molar-refractivity contribution >= 4 is 48.6 Å². The minimum atomic E-state index is -3.94. The average molecular weight is 576 g/mol. The van der Waals surface area contributed by atoms with Gasteiger partial charge in [0.05, 0.1) is 22.1 Å². The summed E-state index contributed by atoms with van der Waals surface area (Å²) in [5, 5.41) is 2.16. The van der Waals surface area contributed by atoms with Gasteiger partial charge in [-0.2, -0.15) is 4.31 Å². The number of anilines is 1. The van der Waals surface area contributed by atoms with Crippen molar-refractivity contribution in [2.24, 2.45) is 0 Å². The largest absolute Gasteiger partial charge is 0.456 e. The molecule has 1 N–H and O–H groups in total. The van der Waals surface area contributed by atoms with Gasteiger partial charge in [-0.05, 0) is 35.7 Å². The zero-order chi connectivity index (χ0) is 27.7. The number of sulfonamides is 1. The van der Waals surface area contributed by atoms with E-state index in [1.165, 1.54) is 16.4 Å². The average Bonchev–Trinajstić information content (AvgIpc) is 3.33. The number of aromatic nitrogens is 1. The summed E-state index contributed by atoms with van der Waals surface area (Å²) in [5.74, 6) is -6.17. The third-order valence-electron chi connectivity index (χ3n) is 6.21. The fourth-order valence-corrected chi connectivity index (χ4v) is 6.93. The van der Waals surface area contributed by atoms with Gasteiger partial charge in [0, 0.05) is 6.54 Å². The van der Waals surface area contributed by atoms with Gasteiger partial charge < -0.3 is 4.74 Å². The summed E-state index contributed by atoms with van der Waals surface area (Å²) >= 11 is 0.715. The van der Waals surface area contributed by atoms with E-state index in [0.717, 1.165) is 11.6 Å². The fraction of sp³-hybridized carbons (Fsp3) is 0.192. The Balaban J connectivity index is 1.29. The number of benzene rings is 3. The number of carbonyl (C=O) groups excluding carboxylic acids is 2. The first-order valence-electron chi connectivity index (χ1n) is 11.7. The van der Waals surface area contributed by atoms with E-state index in [-0.39, 0.29) is 27.7 Å². The van der Waals surface area contributed by atoms with Gasteiger partial charge in [0.25, 0.3) is 5.91 Å². The first kappa shape index (κ1) is 26.8. The first-order valence-corrected chi connectivity index (χ1v) is 13.9. The van der Waals surface area contributed by atoms with Gasteiger partial charge in [-0.1, -0.05) is 53.8 Å². The van der Waals surface area contributed by atoms with Crippen LogP contribution in [0.4, 0.5) is 18.3 Å². The standard InChI is InChI=1S/C26H20F3N3O5S2/c27-18-12-20-25(24(29)23(18)28)31-26(38-20)30-21(33)14-37-22(34)13-19-17-9-5-4-6-15(17)10-11-32(19)39(35,36)16-7-2-1-3-8-16/h1-9,12,19H,10-11,13-14H2,(H,30,31,33). The number of hydrogen-bond donors (Lipinski definition) is 1. The zero-order valence-electron chi connectivity index (χ0n) is 20.1. The summed E-state index contributed by atoms with van der Waals surface area (Å²) in [6, 6.07) is 15.0. The normalized spacial score (nSPS) is 15.6. The minimum absolute atomic E-state index is 0.0191. The molecule has 1 amide bonds. The molecule has 0 spiro atoms. The summed E-state index contributed by atoms with van der Waals surface area (Å²) in [5.41, 5.74) is 1.13. The van der Waals surface area contributed by atoms with E-state index in [9.17, 15) is 31.2 Å². The van der Waals surface area contributed by atoms with Gasteiger partial charge in [0.2, 0.25) is 10.0 Å². The predicted octanol–water partition coefficient (Wildman–Crippen LogP) is 4.57. The highest BCUT2D eigenvalue weighted by atomic mass is 32.2. The van der Waals surface area contributed by atoms with Crippen molar-refractivity contribution in [1.29, 1.82) is 0 Å². The topological polar surface area (TPSA) is 106 Å². The van der Waals surface area contributed by atoms with Crippen LogP contribution in [0.5, 0.6) is 0 Å². The number of nitrogens with zero attached hydrogens (tertiary/aromatic N) is 2. The number of esters is 1. The lowest BCUT2D eigenvalue weighted by atomic mass is 9.92. The lowest BCUT2D eigenvalue weighted by Crippen LogP contribution is -2.41. The molecule has 39 heavy (non-hydrogen) atoms. The number of nitrogens with one attached hydrogen (secondary N) is 1. The van der Waals surface area contributed by atoms with Crippen LogP contribution in [0.25, 0.3) is 10.2 Å². The molecule has 0 saturated heterocycles. The minimum Gasteiger partial charge on any atom is -0.456 e. The molecule has 1 unspecified atom stereocenters. The number of hydrogen-bond acceptors (Lipinski definition) is 7. The predicted molar refractivity (Wildman–Crippen MR) is 137 cm³/mol. The number of fused-ring (bicyclic) bond motifs is 2. The second-order valence-corrected chi connectivity index (χ2v) is 11.6. The number of ether oxygens (including phenoxy) is 1. The van der Waals surface area contributed by atoms with Crippen LogP contribution in [0.2, 0.25) is 0 Å². The Morgan fingerprint density at radius 2 is 1.77 bits per heavy atom. The second kappa shape index (κ2) is 10.8. The molecule has 3 aromatic carbocycles. The van der Waals surface area contributed by atoms with Crippen molar-refractivity contribution < 1.29 is 35.9 Å². The molecule has 1 aliphatic rings. The van der Waals surface area contributed by atoms with Crippen LogP contribution in [0, 0.1) is 17.5 Å². The Bertz CT molecular complexity index is 1680. The van der Waals surface area contributed by atoms with Gasteiger partial charge in [-0.3, -0.25) is 14.9 Å². The molecule has 2 heterocycles. The monoisotopic (exact) mass is 575 g/mol. The molecule has 1 atom stereocenters. The first-order chi connectivity index (χ1) is 18.6. The van der Waals surface area contributed by atoms with E-state index in [2.05, 4.69) is 10.3 Å². The van der Waals surface area contributed by atoms with Crippen LogP contribution in [0.3, 0.4) is 0 Å². The molecule has 0 aliphatic carbocycles. The molecule has 8 nitrogen and oxygen atoms in total. The lowest BCUT2D eigenvalue weighted by Gasteiger charge is -2.36. The van der Waals surface area contributed by atoms with Gasteiger partial charge in [0.1, 0.15) is 5.52 Å². The maximum atomic E-state index is 13.9. The molecule has 5 rings (SSSR count). The molecule has 0 bridgehead atoms. The molecule has 0 radical (unpaired) electrons. The van der Waals surface area contributed by atoms with Gasteiger partial charge >= 0.3 is 5.97 Å². The van der Waals surface area contributed by atoms with Gasteiger partial charge in [0.15, 0.2) is 29.2 Å². The third-order valence-corrected chi connectivity index (χ3v) is 9.05. The van der Waals surface area contributed by atoms with Crippen molar-refractivity contribution in [3.63, 3.8) is 0 Å². The number of carbonyl (C=O) groups is 2. The SMILES string of the molecule is O=C(COC(=O)CC1c2ccccc2CCN1S(=O)(=O)c1ccccc1)Nc1nc2c(F)c(F)c(F)cc2s1. The number of halogens is 3. The smallest absolute Gasteiger partial charge is 0.308 e. The quantitative estimate of drug-likeness (QED) is 0.256. The Labute approximate surface area is 225 Å². The highest BCUT2D eigenvalue weighted by Crippen LogP contribution is 2.36. The van der Waals surface area contributed by atoms with Crippen LogP contribution in [0.15, 0.2) is 65.6 Å². The van der Waals surface area contributed by atoms with Crippen LogP contribution in [0.1, 0.15) is 23.6 Å². The highest BCUT2D eigenvalue weighted by Gasteiger charge is 2.37. The van der Waals surface area contributed by atoms with Crippen LogP contribution >= 0.6 is 11.3 Å². The van der Waals surface area contributed by atoms with Gasteiger partial charge in [-0.15, -0.1) is 0 Å².